The fourth-order valence-corrected chi connectivity index (χ4v) is 1.55. The normalized spacial score (nSPS) is 10.2. The maximum absolute atomic E-state index is 5.32. The molecule has 106 valence electrons. The van der Waals surface area contributed by atoms with Gasteiger partial charge in [-0.1, -0.05) is 0 Å². The molecule has 2 aromatic heterocycles. The van der Waals surface area contributed by atoms with E-state index < -0.39 is 0 Å². The van der Waals surface area contributed by atoms with Crippen molar-refractivity contribution in [1.29, 1.82) is 0 Å². The van der Waals surface area contributed by atoms with Gasteiger partial charge in [0.1, 0.15) is 0 Å². The summed E-state index contributed by atoms with van der Waals surface area (Å²) in [6.45, 7) is 4.89. The maximum atomic E-state index is 5.32. The van der Waals surface area contributed by atoms with Crippen LogP contribution in [-0.4, -0.2) is 26.5 Å². The van der Waals surface area contributed by atoms with E-state index in [4.69, 9.17) is 10.6 Å². The highest BCUT2D eigenvalue weighted by atomic mass is 16.5. The van der Waals surface area contributed by atoms with Gasteiger partial charge in [0.25, 0.3) is 0 Å². The van der Waals surface area contributed by atoms with Gasteiger partial charge in [-0.05, 0) is 31.0 Å². The van der Waals surface area contributed by atoms with Gasteiger partial charge in [-0.3, -0.25) is 10.4 Å². The Kier molecular flexibility index (Phi) is 4.61. The lowest BCUT2D eigenvalue weighted by Crippen LogP contribution is -2.14. The summed E-state index contributed by atoms with van der Waals surface area (Å²) in [6.07, 6.45) is 3.56. The third-order valence-corrected chi connectivity index (χ3v) is 2.60. The van der Waals surface area contributed by atoms with E-state index in [1.165, 1.54) is 0 Å². The van der Waals surface area contributed by atoms with Gasteiger partial charge in [-0.25, -0.2) is 5.84 Å². The van der Waals surface area contributed by atoms with Crippen molar-refractivity contribution in [3.63, 3.8) is 0 Å². The number of ether oxygens (including phenoxy) is 1. The van der Waals surface area contributed by atoms with Crippen molar-refractivity contribution >= 4 is 11.9 Å². The molecule has 2 rings (SSSR count). The Morgan fingerprint density at radius 3 is 2.75 bits per heavy atom. The van der Waals surface area contributed by atoms with Crippen molar-refractivity contribution in [2.75, 3.05) is 17.3 Å². The fraction of sp³-hybridized carbons (Fsp3) is 0.333. The Morgan fingerprint density at radius 1 is 1.25 bits per heavy atom. The molecular weight excluding hydrogens is 258 g/mol. The lowest BCUT2D eigenvalue weighted by atomic mass is 10.2. The number of nitrogens with two attached hydrogens (primary N) is 1. The van der Waals surface area contributed by atoms with Crippen LogP contribution in [0.1, 0.15) is 18.1 Å². The van der Waals surface area contributed by atoms with Gasteiger partial charge in [0.05, 0.1) is 6.61 Å². The number of nitrogens with one attached hydrogen (secondary N) is 2. The van der Waals surface area contributed by atoms with Crippen molar-refractivity contribution in [2.45, 2.75) is 20.4 Å². The quantitative estimate of drug-likeness (QED) is 0.526. The monoisotopic (exact) mass is 275 g/mol. The number of hydrogen-bond acceptors (Lipinski definition) is 8. The van der Waals surface area contributed by atoms with Crippen LogP contribution < -0.4 is 21.3 Å². The van der Waals surface area contributed by atoms with Crippen LogP contribution in [0.4, 0.5) is 11.9 Å². The molecule has 0 saturated carbocycles. The number of pyridine rings is 1. The Bertz CT molecular complexity index is 575. The van der Waals surface area contributed by atoms with Crippen LogP contribution in [0, 0.1) is 6.92 Å². The van der Waals surface area contributed by atoms with E-state index >= 15 is 0 Å². The highest BCUT2D eigenvalue weighted by molar-refractivity contribution is 5.36. The number of aromatic nitrogens is 4. The molecule has 0 aliphatic rings. The Morgan fingerprint density at radius 2 is 2.05 bits per heavy atom. The summed E-state index contributed by atoms with van der Waals surface area (Å²) in [7, 11) is 0. The molecule has 4 N–H and O–H groups in total. The molecule has 0 aliphatic carbocycles. The number of hydrazine groups is 1. The first-order valence-electron chi connectivity index (χ1n) is 6.21. The minimum absolute atomic E-state index is 0.223. The zero-order valence-corrected chi connectivity index (χ0v) is 11.4. The van der Waals surface area contributed by atoms with Crippen molar-refractivity contribution in [2.24, 2.45) is 5.84 Å². The molecule has 0 bridgehead atoms. The minimum atomic E-state index is 0.223. The molecular formula is C12H17N7O. The van der Waals surface area contributed by atoms with Crippen LogP contribution in [-0.2, 0) is 6.54 Å². The summed E-state index contributed by atoms with van der Waals surface area (Å²) in [5.74, 6) is 5.95. The number of aryl methyl sites for hydroxylation is 1. The van der Waals surface area contributed by atoms with E-state index in [0.717, 1.165) is 11.1 Å². The molecule has 0 aromatic carbocycles. The third-order valence-electron chi connectivity index (χ3n) is 2.60. The average Bonchev–Trinajstić information content (AvgIpc) is 2.46. The van der Waals surface area contributed by atoms with Gasteiger partial charge in [0, 0.05) is 18.9 Å². The van der Waals surface area contributed by atoms with Crippen molar-refractivity contribution in [3.05, 3.63) is 29.6 Å². The second-order valence-electron chi connectivity index (χ2n) is 4.00. The van der Waals surface area contributed by atoms with Crippen molar-refractivity contribution in [1.82, 2.24) is 19.9 Å². The molecule has 0 radical (unpaired) electrons. The zero-order chi connectivity index (χ0) is 14.4. The van der Waals surface area contributed by atoms with Gasteiger partial charge in [-0.2, -0.15) is 15.0 Å². The second-order valence-corrected chi connectivity index (χ2v) is 4.00. The van der Waals surface area contributed by atoms with E-state index in [2.05, 4.69) is 30.7 Å². The number of anilines is 2. The van der Waals surface area contributed by atoms with Gasteiger partial charge in [0.2, 0.25) is 11.9 Å². The molecule has 20 heavy (non-hydrogen) atoms. The first-order chi connectivity index (χ1) is 9.72. The van der Waals surface area contributed by atoms with Gasteiger partial charge < -0.3 is 10.1 Å². The number of nitrogens with zero attached hydrogens (tertiary/aromatic N) is 4. The third kappa shape index (κ3) is 3.51. The zero-order valence-electron chi connectivity index (χ0n) is 11.4. The largest absolute Gasteiger partial charge is 0.464 e. The van der Waals surface area contributed by atoms with Crippen LogP contribution in [0.25, 0.3) is 0 Å². The van der Waals surface area contributed by atoms with Crippen molar-refractivity contribution < 1.29 is 4.74 Å². The molecule has 0 spiro atoms. The highest BCUT2D eigenvalue weighted by Crippen LogP contribution is 2.12. The standard InChI is InChI=1S/C12H17N7O/c1-3-20-12-17-10(16-11(18-12)19-13)15-7-9-6-14-5-4-8(9)2/h4-6H,3,7,13H2,1-2H3,(H2,15,16,17,18,19). The first kappa shape index (κ1) is 13.9. The van der Waals surface area contributed by atoms with Crippen LogP contribution >= 0.6 is 0 Å². The minimum Gasteiger partial charge on any atom is -0.464 e. The molecule has 0 aliphatic heterocycles. The molecule has 0 fully saturated rings. The number of nitrogen functional groups attached to an aromatic ring is 1. The van der Waals surface area contributed by atoms with Gasteiger partial charge in [0.15, 0.2) is 0 Å². The lowest BCUT2D eigenvalue weighted by molar-refractivity contribution is 0.312. The van der Waals surface area contributed by atoms with Crippen molar-refractivity contribution in [3.8, 4) is 6.01 Å². The van der Waals surface area contributed by atoms with Crippen LogP contribution in [0.2, 0.25) is 0 Å². The fourth-order valence-electron chi connectivity index (χ4n) is 1.55. The predicted molar refractivity (Wildman–Crippen MR) is 75.1 cm³/mol. The lowest BCUT2D eigenvalue weighted by Gasteiger charge is -2.09. The smallest absolute Gasteiger partial charge is 0.323 e. The summed E-state index contributed by atoms with van der Waals surface area (Å²) < 4.78 is 5.25. The summed E-state index contributed by atoms with van der Waals surface area (Å²) in [4.78, 5) is 16.3. The van der Waals surface area contributed by atoms with E-state index in [1.807, 2.05) is 19.9 Å². The first-order valence-corrected chi connectivity index (χ1v) is 6.21. The highest BCUT2D eigenvalue weighted by Gasteiger charge is 2.07. The van der Waals surface area contributed by atoms with Crippen LogP contribution in [0.15, 0.2) is 18.5 Å². The molecule has 8 heteroatoms. The molecule has 8 nitrogen and oxygen atoms in total. The Balaban J connectivity index is 2.12. The van der Waals surface area contributed by atoms with Gasteiger partial charge in [-0.15, -0.1) is 0 Å². The van der Waals surface area contributed by atoms with Gasteiger partial charge >= 0.3 is 6.01 Å². The summed E-state index contributed by atoms with van der Waals surface area (Å²) >= 11 is 0. The molecule has 2 heterocycles. The molecule has 2 aromatic rings. The van der Waals surface area contributed by atoms with E-state index in [0.29, 0.717) is 19.1 Å². The Labute approximate surface area is 116 Å². The summed E-state index contributed by atoms with van der Waals surface area (Å²) in [5.41, 5.74) is 4.59. The molecule has 0 saturated heterocycles. The average molecular weight is 275 g/mol. The van der Waals surface area contributed by atoms with Crippen LogP contribution in [0.3, 0.4) is 0 Å². The van der Waals surface area contributed by atoms with E-state index in [-0.39, 0.29) is 12.0 Å². The summed E-state index contributed by atoms with van der Waals surface area (Å²) in [6, 6.07) is 2.17. The predicted octanol–water partition coefficient (Wildman–Crippen LogP) is 0.871. The van der Waals surface area contributed by atoms with E-state index in [9.17, 15) is 0 Å². The number of rotatable bonds is 6. The Hall–Kier alpha value is -2.48. The number of hydrogen-bond donors (Lipinski definition) is 3. The maximum Gasteiger partial charge on any atom is 0.323 e. The second kappa shape index (κ2) is 6.62. The van der Waals surface area contributed by atoms with Crippen LogP contribution in [0.5, 0.6) is 6.01 Å². The SMILES string of the molecule is CCOc1nc(NN)nc(NCc2cnccc2C)n1. The summed E-state index contributed by atoms with van der Waals surface area (Å²) in [5, 5.41) is 3.10. The molecule has 0 atom stereocenters. The van der Waals surface area contributed by atoms with E-state index in [1.54, 1.807) is 12.4 Å². The topological polar surface area (TPSA) is 111 Å². The molecule has 0 amide bonds. The molecule has 0 unspecified atom stereocenters.